The zero-order valence-corrected chi connectivity index (χ0v) is 16.3. The predicted molar refractivity (Wildman–Crippen MR) is 94.3 cm³/mol. The van der Waals surface area contributed by atoms with E-state index in [0.717, 1.165) is 13.0 Å². The third-order valence-corrected chi connectivity index (χ3v) is 8.62. The van der Waals surface area contributed by atoms with Crippen LogP contribution in [0.4, 0.5) is 0 Å². The van der Waals surface area contributed by atoms with Crippen LogP contribution in [0.1, 0.15) is 40.0 Å². The van der Waals surface area contributed by atoms with Crippen molar-refractivity contribution in [1.82, 2.24) is 14.1 Å². The van der Waals surface area contributed by atoms with Crippen molar-refractivity contribution >= 4 is 21.8 Å². The maximum Gasteiger partial charge on any atom is 0.231 e. The molecule has 3 fully saturated rings. The van der Waals surface area contributed by atoms with Crippen LogP contribution in [0, 0.1) is 10.8 Å². The minimum absolute atomic E-state index is 0.00241. The zero-order valence-electron chi connectivity index (χ0n) is 15.5. The smallest absolute Gasteiger partial charge is 0.231 e. The van der Waals surface area contributed by atoms with Crippen LogP contribution in [-0.4, -0.2) is 79.4 Å². The molecule has 0 aliphatic carbocycles. The van der Waals surface area contributed by atoms with Gasteiger partial charge in [0.25, 0.3) is 0 Å². The summed E-state index contributed by atoms with van der Waals surface area (Å²) in [5, 5.41) is 0. The maximum absolute atomic E-state index is 13.2. The summed E-state index contributed by atoms with van der Waals surface area (Å²) in [6.45, 7) is 8.58. The van der Waals surface area contributed by atoms with Gasteiger partial charge in [0.1, 0.15) is 0 Å². The molecule has 3 aliphatic rings. The summed E-state index contributed by atoms with van der Waals surface area (Å²) >= 11 is 0. The predicted octanol–water partition coefficient (Wildman–Crippen LogP) is 0.519. The number of nitrogens with zero attached hydrogens (tertiary/aromatic N) is 3. The number of sulfonamides is 1. The van der Waals surface area contributed by atoms with E-state index in [9.17, 15) is 18.0 Å². The van der Waals surface area contributed by atoms with Crippen LogP contribution in [0.2, 0.25) is 0 Å². The normalized spacial score (nSPS) is 30.0. The number of carbonyl (C=O) groups is 2. The molecule has 0 aromatic carbocycles. The van der Waals surface area contributed by atoms with Crippen molar-refractivity contribution in [1.29, 1.82) is 0 Å². The van der Waals surface area contributed by atoms with Gasteiger partial charge in [-0.1, -0.05) is 0 Å². The molecule has 3 heterocycles. The highest BCUT2D eigenvalue weighted by Crippen LogP contribution is 2.57. The van der Waals surface area contributed by atoms with Gasteiger partial charge < -0.3 is 9.80 Å². The average Bonchev–Trinajstić information content (AvgIpc) is 3.08. The Morgan fingerprint density at radius 3 is 2.20 bits per heavy atom. The van der Waals surface area contributed by atoms with Gasteiger partial charge in [0.15, 0.2) is 0 Å². The summed E-state index contributed by atoms with van der Waals surface area (Å²) in [6.07, 6.45) is 2.07. The van der Waals surface area contributed by atoms with Crippen molar-refractivity contribution in [2.45, 2.75) is 40.0 Å². The van der Waals surface area contributed by atoms with E-state index in [1.165, 1.54) is 0 Å². The number of amides is 2. The zero-order chi connectivity index (χ0) is 18.5. The number of carbonyl (C=O) groups excluding carboxylic acids is 2. The monoisotopic (exact) mass is 371 g/mol. The molecular weight excluding hydrogens is 342 g/mol. The Balaban J connectivity index is 1.91. The molecule has 25 heavy (non-hydrogen) atoms. The van der Waals surface area contributed by atoms with Gasteiger partial charge >= 0.3 is 0 Å². The van der Waals surface area contributed by atoms with E-state index < -0.39 is 15.4 Å². The summed E-state index contributed by atoms with van der Waals surface area (Å²) in [5.41, 5.74) is -0.823. The van der Waals surface area contributed by atoms with Crippen LogP contribution >= 0.6 is 0 Å². The third kappa shape index (κ3) is 2.68. The molecule has 3 aliphatic heterocycles. The molecule has 0 N–H and O–H groups in total. The first-order valence-electron chi connectivity index (χ1n) is 9.24. The lowest BCUT2D eigenvalue weighted by Crippen LogP contribution is -2.53. The van der Waals surface area contributed by atoms with E-state index in [4.69, 9.17) is 0 Å². The van der Waals surface area contributed by atoms with E-state index in [1.54, 1.807) is 23.1 Å². The number of fused-ring (bicyclic) bond motifs is 1. The Morgan fingerprint density at radius 1 is 1.08 bits per heavy atom. The fraction of sp³-hybridized carbons (Fsp3) is 0.882. The Bertz CT molecular complexity index is 669. The van der Waals surface area contributed by atoms with E-state index in [1.807, 2.05) is 11.8 Å². The number of rotatable bonds is 3. The summed E-state index contributed by atoms with van der Waals surface area (Å²) in [7, 11) is -3.20. The van der Waals surface area contributed by atoms with Crippen LogP contribution in [0.25, 0.3) is 0 Å². The molecule has 0 radical (unpaired) electrons. The van der Waals surface area contributed by atoms with Gasteiger partial charge in [-0.3, -0.25) is 9.59 Å². The SMILES string of the molecule is CCN1CC[C@]2(CN(C(C)=O)CC23CCN(S(=O)(=O)CC)CC3)C1=O. The molecular formula is C17H29N3O4S. The second kappa shape index (κ2) is 6.23. The number of piperidine rings is 1. The van der Waals surface area contributed by atoms with Crippen molar-refractivity contribution in [3.63, 3.8) is 0 Å². The molecule has 3 saturated heterocycles. The topological polar surface area (TPSA) is 78.0 Å². The highest BCUT2D eigenvalue weighted by atomic mass is 32.2. The van der Waals surface area contributed by atoms with Gasteiger partial charge in [-0.05, 0) is 33.1 Å². The fourth-order valence-electron chi connectivity index (χ4n) is 5.08. The standard InChI is InChI=1S/C17H29N3O4S/c1-4-18-9-8-17(15(18)22)13-19(14(3)21)12-16(17)6-10-20(11-7-16)25(23,24)5-2/h4-13H2,1-3H3/t17-/m0/s1. The Morgan fingerprint density at radius 2 is 1.72 bits per heavy atom. The lowest BCUT2D eigenvalue weighted by Gasteiger charge is -2.46. The molecule has 2 spiro atoms. The highest BCUT2D eigenvalue weighted by Gasteiger charge is 2.65. The molecule has 0 aromatic rings. The molecule has 2 amide bonds. The molecule has 7 nitrogen and oxygen atoms in total. The molecule has 1 atom stereocenters. The first-order chi connectivity index (χ1) is 11.7. The van der Waals surface area contributed by atoms with Crippen molar-refractivity contribution in [2.24, 2.45) is 10.8 Å². The van der Waals surface area contributed by atoms with Crippen LogP contribution in [0.15, 0.2) is 0 Å². The molecule has 0 aromatic heterocycles. The van der Waals surface area contributed by atoms with Crippen LogP contribution in [0.5, 0.6) is 0 Å². The van der Waals surface area contributed by atoms with Gasteiger partial charge in [0.2, 0.25) is 21.8 Å². The highest BCUT2D eigenvalue weighted by molar-refractivity contribution is 7.89. The number of hydrogen-bond donors (Lipinski definition) is 0. The Kier molecular flexibility index (Phi) is 4.64. The fourth-order valence-corrected chi connectivity index (χ4v) is 6.18. The van der Waals surface area contributed by atoms with E-state index in [0.29, 0.717) is 45.6 Å². The molecule has 142 valence electrons. The van der Waals surface area contributed by atoms with Crippen LogP contribution in [0.3, 0.4) is 0 Å². The second-order valence-electron chi connectivity index (χ2n) is 7.67. The number of hydrogen-bond acceptors (Lipinski definition) is 4. The summed E-state index contributed by atoms with van der Waals surface area (Å²) in [6, 6.07) is 0. The van der Waals surface area contributed by atoms with Gasteiger partial charge in [0.05, 0.1) is 11.2 Å². The summed E-state index contributed by atoms with van der Waals surface area (Å²) in [4.78, 5) is 28.9. The van der Waals surface area contributed by atoms with E-state index in [-0.39, 0.29) is 23.0 Å². The van der Waals surface area contributed by atoms with Crippen molar-refractivity contribution in [2.75, 3.05) is 45.0 Å². The molecule has 0 saturated carbocycles. The number of likely N-dealkylation sites (tertiary alicyclic amines) is 2. The average molecular weight is 372 g/mol. The quantitative estimate of drug-likeness (QED) is 0.725. The van der Waals surface area contributed by atoms with Gasteiger partial charge in [-0.15, -0.1) is 0 Å². The first kappa shape index (κ1) is 18.6. The van der Waals surface area contributed by atoms with Gasteiger partial charge in [-0.2, -0.15) is 0 Å². The lowest BCUT2D eigenvalue weighted by molar-refractivity contribution is -0.141. The first-order valence-corrected chi connectivity index (χ1v) is 10.8. The lowest BCUT2D eigenvalue weighted by atomic mass is 9.60. The second-order valence-corrected chi connectivity index (χ2v) is 9.93. The van der Waals surface area contributed by atoms with Crippen LogP contribution in [-0.2, 0) is 19.6 Å². The van der Waals surface area contributed by atoms with Gasteiger partial charge in [0, 0.05) is 51.6 Å². The molecule has 3 rings (SSSR count). The maximum atomic E-state index is 13.2. The minimum Gasteiger partial charge on any atom is -0.342 e. The van der Waals surface area contributed by atoms with E-state index >= 15 is 0 Å². The van der Waals surface area contributed by atoms with Crippen molar-refractivity contribution in [3.8, 4) is 0 Å². The summed E-state index contributed by atoms with van der Waals surface area (Å²) < 4.78 is 25.9. The molecule has 8 heteroatoms. The molecule has 0 unspecified atom stereocenters. The largest absolute Gasteiger partial charge is 0.342 e. The van der Waals surface area contributed by atoms with Crippen molar-refractivity contribution in [3.05, 3.63) is 0 Å². The van der Waals surface area contributed by atoms with Gasteiger partial charge in [-0.25, -0.2) is 12.7 Å². The Labute approximate surface area is 150 Å². The minimum atomic E-state index is -3.20. The Hall–Kier alpha value is -1.15. The third-order valence-electron chi connectivity index (χ3n) is 6.74. The van der Waals surface area contributed by atoms with Crippen LogP contribution < -0.4 is 0 Å². The van der Waals surface area contributed by atoms with Crippen molar-refractivity contribution < 1.29 is 18.0 Å². The summed E-state index contributed by atoms with van der Waals surface area (Å²) in [5.74, 6) is 0.265. The van der Waals surface area contributed by atoms with E-state index in [2.05, 4.69) is 0 Å². The molecule has 0 bridgehead atoms.